The predicted octanol–water partition coefficient (Wildman–Crippen LogP) is 0.490. The first-order valence-electron chi connectivity index (χ1n) is 6.94. The molecule has 1 heterocycles. The fraction of sp³-hybridized carbons (Fsp3) is 0.846. The van der Waals surface area contributed by atoms with E-state index in [4.69, 9.17) is 5.73 Å². The van der Waals surface area contributed by atoms with Crippen molar-refractivity contribution in [3.63, 3.8) is 0 Å². The molecule has 5 nitrogen and oxygen atoms in total. The highest BCUT2D eigenvalue weighted by atomic mass is 16.2. The van der Waals surface area contributed by atoms with Gasteiger partial charge in [-0.1, -0.05) is 13.3 Å². The zero-order chi connectivity index (χ0) is 13.4. The highest BCUT2D eigenvalue weighted by molar-refractivity contribution is 5.80. The van der Waals surface area contributed by atoms with E-state index in [1.165, 1.54) is 0 Å². The molecule has 2 amide bonds. The van der Waals surface area contributed by atoms with Crippen LogP contribution in [0.4, 0.5) is 0 Å². The van der Waals surface area contributed by atoms with Crippen molar-refractivity contribution in [1.29, 1.82) is 0 Å². The Morgan fingerprint density at radius 3 is 2.56 bits per heavy atom. The Kier molecular flexibility index (Phi) is 6.72. The quantitative estimate of drug-likeness (QED) is 0.678. The van der Waals surface area contributed by atoms with Crippen molar-refractivity contribution in [2.24, 2.45) is 11.7 Å². The zero-order valence-electron chi connectivity index (χ0n) is 11.3. The number of carbonyl (C=O) groups is 2. The van der Waals surface area contributed by atoms with Gasteiger partial charge in [-0.15, -0.1) is 0 Å². The molecule has 0 bridgehead atoms. The van der Waals surface area contributed by atoms with Crippen molar-refractivity contribution >= 4 is 11.8 Å². The van der Waals surface area contributed by atoms with E-state index < -0.39 is 0 Å². The molecule has 5 heteroatoms. The first kappa shape index (κ1) is 15.0. The van der Waals surface area contributed by atoms with Gasteiger partial charge in [0.25, 0.3) is 0 Å². The van der Waals surface area contributed by atoms with Crippen LogP contribution in [0.25, 0.3) is 0 Å². The van der Waals surface area contributed by atoms with E-state index in [0.29, 0.717) is 26.1 Å². The molecule has 0 aromatic rings. The van der Waals surface area contributed by atoms with E-state index >= 15 is 0 Å². The van der Waals surface area contributed by atoms with Gasteiger partial charge in [-0.25, -0.2) is 0 Å². The van der Waals surface area contributed by atoms with Crippen molar-refractivity contribution in [1.82, 2.24) is 10.2 Å². The number of nitrogens with two attached hydrogens (primary N) is 1. The maximum absolute atomic E-state index is 11.8. The Morgan fingerprint density at radius 2 is 2.00 bits per heavy atom. The molecule has 0 radical (unpaired) electrons. The second-order valence-corrected chi connectivity index (χ2v) is 4.84. The van der Waals surface area contributed by atoms with Crippen LogP contribution in [-0.2, 0) is 9.59 Å². The third-order valence-electron chi connectivity index (χ3n) is 3.41. The summed E-state index contributed by atoms with van der Waals surface area (Å²) in [6.45, 7) is 4.64. The molecule has 104 valence electrons. The van der Waals surface area contributed by atoms with E-state index in [2.05, 4.69) is 12.2 Å². The van der Waals surface area contributed by atoms with Gasteiger partial charge in [-0.3, -0.25) is 9.59 Å². The van der Waals surface area contributed by atoms with Gasteiger partial charge in [0.1, 0.15) is 0 Å². The second-order valence-electron chi connectivity index (χ2n) is 4.84. The highest BCUT2D eigenvalue weighted by Crippen LogP contribution is 2.17. The summed E-state index contributed by atoms with van der Waals surface area (Å²) in [7, 11) is 0. The zero-order valence-corrected chi connectivity index (χ0v) is 11.3. The molecule has 0 aliphatic carbocycles. The topological polar surface area (TPSA) is 75.4 Å². The van der Waals surface area contributed by atoms with Crippen molar-refractivity contribution in [3.05, 3.63) is 0 Å². The first-order valence-corrected chi connectivity index (χ1v) is 6.94. The van der Waals surface area contributed by atoms with Crippen LogP contribution in [0.2, 0.25) is 0 Å². The number of nitrogens with zero attached hydrogens (tertiary/aromatic N) is 1. The third-order valence-corrected chi connectivity index (χ3v) is 3.41. The highest BCUT2D eigenvalue weighted by Gasteiger charge is 2.26. The van der Waals surface area contributed by atoms with Gasteiger partial charge in [0, 0.05) is 38.5 Å². The molecule has 0 unspecified atom stereocenters. The average molecular weight is 255 g/mol. The Hall–Kier alpha value is -1.10. The molecule has 0 spiro atoms. The van der Waals surface area contributed by atoms with Crippen LogP contribution < -0.4 is 11.1 Å². The van der Waals surface area contributed by atoms with Crippen LogP contribution in [-0.4, -0.2) is 42.9 Å². The van der Waals surface area contributed by atoms with E-state index in [9.17, 15) is 9.59 Å². The van der Waals surface area contributed by atoms with Gasteiger partial charge in [0.15, 0.2) is 0 Å². The Balaban J connectivity index is 2.26. The number of carbonyl (C=O) groups excluding carboxylic acids is 2. The van der Waals surface area contributed by atoms with E-state index in [0.717, 1.165) is 32.2 Å². The standard InChI is InChI=1S/C13H25N3O2/c1-2-3-8-15-13(18)11-5-9-16(10-6-11)12(17)4-7-14/h11H,2-10,14H2,1H3,(H,15,18). The minimum atomic E-state index is 0.0729. The monoisotopic (exact) mass is 255 g/mol. The lowest BCUT2D eigenvalue weighted by atomic mass is 9.95. The van der Waals surface area contributed by atoms with Crippen molar-refractivity contribution < 1.29 is 9.59 Å². The molecule has 1 rings (SSSR count). The van der Waals surface area contributed by atoms with Crippen LogP contribution in [0.3, 0.4) is 0 Å². The van der Waals surface area contributed by atoms with Gasteiger partial charge in [0.05, 0.1) is 0 Å². The summed E-state index contributed by atoms with van der Waals surface area (Å²) in [6.07, 6.45) is 4.07. The summed E-state index contributed by atoms with van der Waals surface area (Å²) >= 11 is 0. The lowest BCUT2D eigenvalue weighted by Crippen LogP contribution is -2.43. The number of nitrogens with one attached hydrogen (secondary N) is 1. The molecule has 1 fully saturated rings. The number of likely N-dealkylation sites (tertiary alicyclic amines) is 1. The summed E-state index contributed by atoms with van der Waals surface area (Å²) < 4.78 is 0. The van der Waals surface area contributed by atoms with E-state index in [-0.39, 0.29) is 17.7 Å². The van der Waals surface area contributed by atoms with Crippen molar-refractivity contribution in [2.75, 3.05) is 26.2 Å². The van der Waals surface area contributed by atoms with Gasteiger partial charge < -0.3 is 16.0 Å². The van der Waals surface area contributed by atoms with E-state index in [1.807, 2.05) is 4.90 Å². The SMILES string of the molecule is CCCCNC(=O)C1CCN(C(=O)CCN)CC1. The number of hydrogen-bond donors (Lipinski definition) is 2. The largest absolute Gasteiger partial charge is 0.356 e. The Morgan fingerprint density at radius 1 is 1.33 bits per heavy atom. The third kappa shape index (κ3) is 4.64. The number of hydrogen-bond acceptors (Lipinski definition) is 3. The fourth-order valence-corrected chi connectivity index (χ4v) is 2.21. The number of unbranched alkanes of at least 4 members (excludes halogenated alkanes) is 1. The Bertz CT molecular complexity index is 273. The molecule has 0 saturated carbocycles. The molecule has 0 atom stereocenters. The van der Waals surface area contributed by atoms with Crippen molar-refractivity contribution in [3.8, 4) is 0 Å². The summed E-state index contributed by atoms with van der Waals surface area (Å²) in [5.74, 6) is 0.334. The van der Waals surface area contributed by atoms with Crippen LogP contribution >= 0.6 is 0 Å². The van der Waals surface area contributed by atoms with Gasteiger partial charge in [-0.2, -0.15) is 0 Å². The average Bonchev–Trinajstić information content (AvgIpc) is 2.39. The molecule has 0 aromatic carbocycles. The number of piperidine rings is 1. The second kappa shape index (κ2) is 8.08. The molecule has 0 aromatic heterocycles. The fourth-order valence-electron chi connectivity index (χ4n) is 2.21. The first-order chi connectivity index (χ1) is 8.69. The minimum absolute atomic E-state index is 0.0729. The number of amides is 2. The normalized spacial score (nSPS) is 16.7. The van der Waals surface area contributed by atoms with Crippen LogP contribution in [0, 0.1) is 5.92 Å². The molecular weight excluding hydrogens is 230 g/mol. The van der Waals surface area contributed by atoms with Gasteiger partial charge in [0.2, 0.25) is 11.8 Å². The predicted molar refractivity (Wildman–Crippen MR) is 70.9 cm³/mol. The Labute approximate surface area is 109 Å². The molecular formula is C13H25N3O2. The molecule has 3 N–H and O–H groups in total. The van der Waals surface area contributed by atoms with Gasteiger partial charge in [-0.05, 0) is 19.3 Å². The number of rotatable bonds is 6. The lowest BCUT2D eigenvalue weighted by molar-refractivity contribution is -0.135. The smallest absolute Gasteiger partial charge is 0.223 e. The van der Waals surface area contributed by atoms with Crippen LogP contribution in [0.15, 0.2) is 0 Å². The summed E-state index contributed by atoms with van der Waals surface area (Å²) in [5.41, 5.74) is 5.37. The van der Waals surface area contributed by atoms with Crippen LogP contribution in [0.1, 0.15) is 39.0 Å². The molecule has 1 saturated heterocycles. The molecule has 18 heavy (non-hydrogen) atoms. The van der Waals surface area contributed by atoms with Crippen LogP contribution in [0.5, 0.6) is 0 Å². The summed E-state index contributed by atoms with van der Waals surface area (Å²) in [6, 6.07) is 0. The molecule has 1 aliphatic rings. The van der Waals surface area contributed by atoms with Crippen molar-refractivity contribution in [2.45, 2.75) is 39.0 Å². The maximum atomic E-state index is 11.8. The molecule has 1 aliphatic heterocycles. The lowest BCUT2D eigenvalue weighted by Gasteiger charge is -2.31. The minimum Gasteiger partial charge on any atom is -0.356 e. The van der Waals surface area contributed by atoms with Gasteiger partial charge >= 0.3 is 0 Å². The maximum Gasteiger partial charge on any atom is 0.223 e. The summed E-state index contributed by atoms with van der Waals surface area (Å²) in [4.78, 5) is 25.3. The van der Waals surface area contributed by atoms with E-state index in [1.54, 1.807) is 0 Å². The summed E-state index contributed by atoms with van der Waals surface area (Å²) in [5, 5.41) is 2.96.